The molecule has 124 valence electrons. The third kappa shape index (κ3) is 3.50. The Balaban J connectivity index is 1.61. The average Bonchev–Trinajstić information content (AvgIpc) is 3.08. The van der Waals surface area contributed by atoms with Gasteiger partial charge in [0.1, 0.15) is 17.3 Å². The van der Waals surface area contributed by atoms with E-state index in [1.807, 2.05) is 97.1 Å². The van der Waals surface area contributed by atoms with E-state index in [0.29, 0.717) is 17.9 Å². The molecule has 1 heterocycles. The lowest BCUT2D eigenvalue weighted by Gasteiger charge is -2.30. The molecule has 0 saturated heterocycles. The van der Waals surface area contributed by atoms with E-state index in [2.05, 4.69) is 0 Å². The van der Waals surface area contributed by atoms with Gasteiger partial charge in [0, 0.05) is 5.56 Å². The Bertz CT molecular complexity index is 801. The van der Waals surface area contributed by atoms with Gasteiger partial charge in [0.15, 0.2) is 0 Å². The van der Waals surface area contributed by atoms with Gasteiger partial charge in [-0.1, -0.05) is 66.7 Å². The van der Waals surface area contributed by atoms with Gasteiger partial charge >= 0.3 is 5.97 Å². The molecule has 0 bridgehead atoms. The van der Waals surface area contributed by atoms with Gasteiger partial charge in [-0.25, -0.2) is 0 Å². The van der Waals surface area contributed by atoms with Crippen LogP contribution in [0.5, 0.6) is 11.5 Å². The van der Waals surface area contributed by atoms with Crippen molar-refractivity contribution < 1.29 is 14.2 Å². The van der Waals surface area contributed by atoms with E-state index in [-0.39, 0.29) is 0 Å². The van der Waals surface area contributed by atoms with Crippen LogP contribution in [0.3, 0.4) is 0 Å². The van der Waals surface area contributed by atoms with Gasteiger partial charge in [0.2, 0.25) is 0 Å². The Morgan fingerprint density at radius 1 is 0.640 bits per heavy atom. The summed E-state index contributed by atoms with van der Waals surface area (Å²) < 4.78 is 18.4. The quantitative estimate of drug-likeness (QED) is 0.597. The first-order valence-corrected chi connectivity index (χ1v) is 8.26. The van der Waals surface area contributed by atoms with Crippen LogP contribution in [0, 0.1) is 0 Å². The fourth-order valence-electron chi connectivity index (χ4n) is 2.73. The van der Waals surface area contributed by atoms with Crippen molar-refractivity contribution in [1.29, 1.82) is 0 Å². The van der Waals surface area contributed by atoms with E-state index in [4.69, 9.17) is 14.2 Å². The van der Waals surface area contributed by atoms with Crippen LogP contribution in [0.25, 0.3) is 5.76 Å². The van der Waals surface area contributed by atoms with E-state index in [9.17, 15) is 0 Å². The summed E-state index contributed by atoms with van der Waals surface area (Å²) in [5, 5.41) is 0. The first-order valence-electron chi connectivity index (χ1n) is 8.26. The largest absolute Gasteiger partial charge is 0.421 e. The number of rotatable bonds is 5. The van der Waals surface area contributed by atoms with Crippen LogP contribution in [-0.4, -0.2) is 5.97 Å². The molecule has 0 fully saturated rings. The van der Waals surface area contributed by atoms with E-state index < -0.39 is 5.97 Å². The van der Waals surface area contributed by atoms with Gasteiger partial charge in [-0.2, -0.15) is 0 Å². The van der Waals surface area contributed by atoms with Crippen molar-refractivity contribution in [3.63, 3.8) is 0 Å². The van der Waals surface area contributed by atoms with E-state index in [0.717, 1.165) is 11.3 Å². The van der Waals surface area contributed by atoms with E-state index in [1.54, 1.807) is 0 Å². The molecular weight excluding hydrogens is 312 g/mol. The molecule has 0 amide bonds. The Morgan fingerprint density at radius 2 is 1.12 bits per heavy atom. The molecule has 3 heteroatoms. The normalized spacial score (nSPS) is 15.1. The monoisotopic (exact) mass is 330 g/mol. The predicted molar refractivity (Wildman–Crippen MR) is 97.0 cm³/mol. The lowest BCUT2D eigenvalue weighted by molar-refractivity contribution is -0.255. The molecule has 3 nitrogen and oxygen atoms in total. The van der Waals surface area contributed by atoms with E-state index >= 15 is 0 Å². The number of benzene rings is 3. The zero-order chi connectivity index (χ0) is 17.0. The van der Waals surface area contributed by atoms with Gasteiger partial charge in [-0.05, 0) is 30.3 Å². The fraction of sp³-hybridized carbons (Fsp3) is 0.0909. The molecule has 0 saturated carbocycles. The molecule has 25 heavy (non-hydrogen) atoms. The smallest absolute Gasteiger partial charge is 0.420 e. The topological polar surface area (TPSA) is 27.7 Å². The third-order valence-corrected chi connectivity index (χ3v) is 3.89. The first-order chi connectivity index (χ1) is 12.3. The van der Waals surface area contributed by atoms with Crippen LogP contribution < -0.4 is 9.47 Å². The summed E-state index contributed by atoms with van der Waals surface area (Å²) in [6.07, 6.45) is 2.49. The molecule has 0 aliphatic carbocycles. The van der Waals surface area contributed by atoms with Crippen molar-refractivity contribution in [3.8, 4) is 11.5 Å². The Hall–Kier alpha value is -3.20. The van der Waals surface area contributed by atoms with E-state index in [1.165, 1.54) is 0 Å². The zero-order valence-corrected chi connectivity index (χ0v) is 13.7. The second-order valence-corrected chi connectivity index (χ2v) is 5.75. The van der Waals surface area contributed by atoms with Crippen molar-refractivity contribution in [2.24, 2.45) is 0 Å². The molecule has 0 unspecified atom stereocenters. The maximum Gasteiger partial charge on any atom is 0.421 e. The number of hydrogen-bond donors (Lipinski definition) is 0. The molecule has 0 radical (unpaired) electrons. The molecule has 1 aliphatic rings. The fourth-order valence-corrected chi connectivity index (χ4v) is 2.73. The summed E-state index contributed by atoms with van der Waals surface area (Å²) in [5.74, 6) is 0.934. The summed E-state index contributed by atoms with van der Waals surface area (Å²) in [6, 6.07) is 29.1. The number of ether oxygens (including phenoxy) is 3. The van der Waals surface area contributed by atoms with Crippen molar-refractivity contribution in [2.75, 3.05) is 0 Å². The van der Waals surface area contributed by atoms with Crippen LogP contribution >= 0.6 is 0 Å². The summed E-state index contributed by atoms with van der Waals surface area (Å²) in [6.45, 7) is 0. The highest BCUT2D eigenvalue weighted by atomic mass is 16.9. The Kier molecular flexibility index (Phi) is 4.13. The standard InChI is InChI=1S/C22H18O3/c1-4-10-18(11-5-1)21-16-17-22(25-21,23-19-12-6-2-7-13-19)24-20-14-8-3-9-15-20/h1-16H,17H2. The second-order valence-electron chi connectivity index (χ2n) is 5.75. The molecule has 0 N–H and O–H groups in total. The average molecular weight is 330 g/mol. The SMILES string of the molecule is C1=C(c2ccccc2)OC(Oc2ccccc2)(Oc2ccccc2)C1. The molecule has 0 spiro atoms. The maximum atomic E-state index is 6.16. The highest BCUT2D eigenvalue weighted by molar-refractivity contribution is 5.61. The van der Waals surface area contributed by atoms with Crippen LogP contribution in [0.1, 0.15) is 12.0 Å². The number of hydrogen-bond acceptors (Lipinski definition) is 3. The van der Waals surface area contributed by atoms with Gasteiger partial charge in [-0.15, -0.1) is 0 Å². The van der Waals surface area contributed by atoms with Crippen LogP contribution in [-0.2, 0) is 4.74 Å². The highest BCUT2D eigenvalue weighted by Gasteiger charge is 2.43. The van der Waals surface area contributed by atoms with Gasteiger partial charge in [0.05, 0.1) is 6.42 Å². The molecular formula is C22H18O3. The first kappa shape index (κ1) is 15.3. The lowest BCUT2D eigenvalue weighted by Crippen LogP contribution is -2.42. The molecule has 0 atom stereocenters. The molecule has 3 aromatic carbocycles. The Morgan fingerprint density at radius 3 is 1.64 bits per heavy atom. The van der Waals surface area contributed by atoms with Crippen LogP contribution in [0.15, 0.2) is 97.1 Å². The predicted octanol–water partition coefficient (Wildman–Crippen LogP) is 5.26. The summed E-state index contributed by atoms with van der Waals surface area (Å²) in [5.41, 5.74) is 0.998. The second kappa shape index (κ2) is 6.73. The zero-order valence-electron chi connectivity index (χ0n) is 13.7. The van der Waals surface area contributed by atoms with Gasteiger partial charge < -0.3 is 14.2 Å². The molecule has 0 aromatic heterocycles. The summed E-state index contributed by atoms with van der Waals surface area (Å²) >= 11 is 0. The lowest BCUT2D eigenvalue weighted by atomic mass is 10.2. The van der Waals surface area contributed by atoms with Crippen molar-refractivity contribution in [3.05, 3.63) is 103 Å². The third-order valence-electron chi connectivity index (χ3n) is 3.89. The minimum Gasteiger partial charge on any atom is -0.420 e. The van der Waals surface area contributed by atoms with Crippen molar-refractivity contribution in [2.45, 2.75) is 12.4 Å². The highest BCUT2D eigenvalue weighted by Crippen LogP contribution is 2.37. The van der Waals surface area contributed by atoms with Crippen LogP contribution in [0.2, 0.25) is 0 Å². The molecule has 3 aromatic rings. The molecule has 4 rings (SSSR count). The van der Waals surface area contributed by atoms with Gasteiger partial charge in [-0.3, -0.25) is 0 Å². The number of para-hydroxylation sites is 2. The molecule has 1 aliphatic heterocycles. The maximum absolute atomic E-state index is 6.16. The Labute approximate surface area is 147 Å². The van der Waals surface area contributed by atoms with Crippen LogP contribution in [0.4, 0.5) is 0 Å². The minimum atomic E-state index is -1.21. The summed E-state index contributed by atoms with van der Waals surface area (Å²) in [7, 11) is 0. The summed E-state index contributed by atoms with van der Waals surface area (Å²) in [4.78, 5) is 0. The van der Waals surface area contributed by atoms with Crippen molar-refractivity contribution >= 4 is 5.76 Å². The van der Waals surface area contributed by atoms with Crippen molar-refractivity contribution in [1.82, 2.24) is 0 Å². The van der Waals surface area contributed by atoms with Gasteiger partial charge in [0.25, 0.3) is 0 Å². The minimum absolute atomic E-state index is 0.487.